The summed E-state index contributed by atoms with van der Waals surface area (Å²) in [4.78, 5) is 24.4. The summed E-state index contributed by atoms with van der Waals surface area (Å²) in [5, 5.41) is 9.07. The fourth-order valence-electron chi connectivity index (χ4n) is 2.11. The highest BCUT2D eigenvalue weighted by Crippen LogP contribution is 2.24. The van der Waals surface area contributed by atoms with Crippen molar-refractivity contribution in [1.29, 1.82) is 0 Å². The Hall–Kier alpha value is -2.83. The molecule has 2 rings (SSSR count). The molecule has 0 fully saturated rings. The summed E-state index contributed by atoms with van der Waals surface area (Å²) in [5.41, 5.74) is 0.457. The van der Waals surface area contributed by atoms with E-state index in [9.17, 15) is 9.59 Å². The Labute approximate surface area is 153 Å². The number of ether oxygens (including phenoxy) is 1. The van der Waals surface area contributed by atoms with E-state index in [1.54, 1.807) is 30.3 Å². The van der Waals surface area contributed by atoms with Gasteiger partial charge in [-0.25, -0.2) is 9.59 Å². The lowest BCUT2D eigenvalue weighted by molar-refractivity contribution is 0.0501. The quantitative estimate of drug-likeness (QED) is 0.582. The van der Waals surface area contributed by atoms with Crippen LogP contribution in [0.25, 0.3) is 0 Å². The van der Waals surface area contributed by atoms with Crippen LogP contribution in [0.4, 0.5) is 16.3 Å². The Balaban J connectivity index is 2.03. The number of carbonyl (C=O) groups excluding carboxylic acids is 2. The van der Waals surface area contributed by atoms with E-state index in [2.05, 4.69) is 15.8 Å². The molecule has 7 nitrogen and oxygen atoms in total. The number of esters is 1. The van der Waals surface area contributed by atoms with E-state index in [1.807, 2.05) is 27.7 Å². The summed E-state index contributed by atoms with van der Waals surface area (Å²) in [6.07, 6.45) is 1.73. The van der Waals surface area contributed by atoms with Gasteiger partial charge in [-0.2, -0.15) is 0 Å². The maximum Gasteiger partial charge on any atom is 0.340 e. The molecule has 0 spiro atoms. The van der Waals surface area contributed by atoms with Gasteiger partial charge in [0, 0.05) is 11.5 Å². The topological polar surface area (TPSA) is 93.5 Å². The minimum Gasteiger partial charge on any atom is -0.462 e. The van der Waals surface area contributed by atoms with E-state index in [1.165, 1.54) is 0 Å². The third-order valence-corrected chi connectivity index (χ3v) is 3.62. The van der Waals surface area contributed by atoms with Crippen LogP contribution in [0.3, 0.4) is 0 Å². The number of nitrogens with zero attached hydrogens (tertiary/aromatic N) is 1. The summed E-state index contributed by atoms with van der Waals surface area (Å²) in [6, 6.07) is 7.84. The van der Waals surface area contributed by atoms with Gasteiger partial charge in [-0.05, 0) is 18.6 Å². The number of hydrogen-bond acceptors (Lipinski definition) is 5. The van der Waals surface area contributed by atoms with Crippen LogP contribution in [0.1, 0.15) is 56.7 Å². The zero-order valence-corrected chi connectivity index (χ0v) is 15.6. The van der Waals surface area contributed by atoms with Gasteiger partial charge in [0.1, 0.15) is 5.76 Å². The van der Waals surface area contributed by atoms with Gasteiger partial charge < -0.3 is 14.6 Å². The number of unbranched alkanes of at least 4 members (excludes halogenated alkanes) is 1. The number of anilines is 2. The van der Waals surface area contributed by atoms with Crippen LogP contribution in [-0.2, 0) is 10.2 Å². The number of aromatic nitrogens is 1. The molecule has 0 aliphatic heterocycles. The van der Waals surface area contributed by atoms with E-state index in [-0.39, 0.29) is 5.41 Å². The van der Waals surface area contributed by atoms with Gasteiger partial charge in [0.05, 0.1) is 17.9 Å². The molecule has 2 N–H and O–H groups in total. The average molecular weight is 359 g/mol. The number of amides is 2. The fourth-order valence-corrected chi connectivity index (χ4v) is 2.11. The minimum absolute atomic E-state index is 0.210. The molecule has 0 aliphatic carbocycles. The second-order valence-corrected chi connectivity index (χ2v) is 6.94. The molecule has 140 valence electrons. The highest BCUT2D eigenvalue weighted by atomic mass is 16.5. The van der Waals surface area contributed by atoms with Crippen molar-refractivity contribution >= 4 is 23.5 Å². The predicted molar refractivity (Wildman–Crippen MR) is 99.5 cm³/mol. The van der Waals surface area contributed by atoms with Crippen LogP contribution in [0, 0.1) is 0 Å². The fraction of sp³-hybridized carbons (Fsp3) is 0.421. The van der Waals surface area contributed by atoms with Gasteiger partial charge >= 0.3 is 12.0 Å². The molecular weight excluding hydrogens is 334 g/mol. The first-order valence-corrected chi connectivity index (χ1v) is 8.62. The highest BCUT2D eigenvalue weighted by molar-refractivity contribution is 6.04. The monoisotopic (exact) mass is 359 g/mol. The number of hydrogen-bond donors (Lipinski definition) is 2. The maximum atomic E-state index is 12.2. The van der Waals surface area contributed by atoms with Crippen LogP contribution in [0.5, 0.6) is 0 Å². The van der Waals surface area contributed by atoms with Crippen LogP contribution >= 0.6 is 0 Å². The molecule has 0 radical (unpaired) electrons. The molecule has 0 bridgehead atoms. The molecule has 2 aromatic rings. The van der Waals surface area contributed by atoms with Gasteiger partial charge in [0.25, 0.3) is 0 Å². The van der Waals surface area contributed by atoms with Crippen molar-refractivity contribution in [2.24, 2.45) is 0 Å². The van der Waals surface area contributed by atoms with Crippen LogP contribution < -0.4 is 10.6 Å². The summed E-state index contributed by atoms with van der Waals surface area (Å²) in [6.45, 7) is 8.32. The van der Waals surface area contributed by atoms with Crippen molar-refractivity contribution in [1.82, 2.24) is 5.16 Å². The van der Waals surface area contributed by atoms with Crippen LogP contribution in [0.15, 0.2) is 34.9 Å². The molecule has 7 heteroatoms. The summed E-state index contributed by atoms with van der Waals surface area (Å²) in [5.74, 6) is 0.494. The third kappa shape index (κ3) is 5.34. The van der Waals surface area contributed by atoms with Gasteiger partial charge in [-0.15, -0.1) is 0 Å². The molecule has 1 aromatic carbocycles. The van der Waals surface area contributed by atoms with Gasteiger partial charge in [-0.3, -0.25) is 5.32 Å². The summed E-state index contributed by atoms with van der Waals surface area (Å²) < 4.78 is 10.4. The Morgan fingerprint density at radius 1 is 1.19 bits per heavy atom. The Kier molecular flexibility index (Phi) is 6.38. The smallest absolute Gasteiger partial charge is 0.340 e. The number of rotatable bonds is 6. The zero-order valence-electron chi connectivity index (χ0n) is 15.6. The molecular formula is C19H25N3O4. The van der Waals surface area contributed by atoms with E-state index in [0.29, 0.717) is 29.4 Å². The van der Waals surface area contributed by atoms with E-state index in [4.69, 9.17) is 9.26 Å². The molecule has 2 amide bonds. The third-order valence-electron chi connectivity index (χ3n) is 3.62. The predicted octanol–water partition coefficient (Wildman–Crippen LogP) is 4.57. The number of carbonyl (C=O) groups is 2. The van der Waals surface area contributed by atoms with Gasteiger partial charge in [0.2, 0.25) is 0 Å². The molecule has 0 atom stereocenters. The lowest BCUT2D eigenvalue weighted by Crippen LogP contribution is -2.21. The van der Waals surface area contributed by atoms with Crippen LogP contribution in [0.2, 0.25) is 0 Å². The zero-order chi connectivity index (χ0) is 19.2. The Bertz CT molecular complexity index is 762. The molecule has 0 saturated carbocycles. The lowest BCUT2D eigenvalue weighted by Gasteiger charge is -2.12. The lowest BCUT2D eigenvalue weighted by atomic mass is 9.93. The number of para-hydroxylation sites is 1. The number of benzene rings is 1. The molecule has 1 aromatic heterocycles. The molecule has 0 unspecified atom stereocenters. The average Bonchev–Trinajstić information content (AvgIpc) is 3.04. The van der Waals surface area contributed by atoms with E-state index in [0.717, 1.165) is 12.8 Å². The van der Waals surface area contributed by atoms with Crippen molar-refractivity contribution in [2.45, 2.75) is 46.0 Å². The molecule has 0 aliphatic rings. The van der Waals surface area contributed by atoms with Crippen molar-refractivity contribution in [3.05, 3.63) is 41.7 Å². The Morgan fingerprint density at radius 2 is 1.92 bits per heavy atom. The number of urea groups is 1. The maximum absolute atomic E-state index is 12.2. The van der Waals surface area contributed by atoms with Gasteiger partial charge in [0.15, 0.2) is 5.82 Å². The van der Waals surface area contributed by atoms with Gasteiger partial charge in [-0.1, -0.05) is 51.4 Å². The summed E-state index contributed by atoms with van der Waals surface area (Å²) >= 11 is 0. The SMILES string of the molecule is CCCCOC(=O)c1ccccc1NC(=O)Nc1cc(C(C)(C)C)on1. The molecule has 26 heavy (non-hydrogen) atoms. The van der Waals surface area contributed by atoms with Crippen LogP contribution in [-0.4, -0.2) is 23.8 Å². The van der Waals surface area contributed by atoms with Crippen molar-refractivity contribution < 1.29 is 18.8 Å². The first-order chi connectivity index (χ1) is 12.3. The second-order valence-electron chi connectivity index (χ2n) is 6.94. The molecule has 0 saturated heterocycles. The highest BCUT2D eigenvalue weighted by Gasteiger charge is 2.21. The summed E-state index contributed by atoms with van der Waals surface area (Å²) in [7, 11) is 0. The first kappa shape index (κ1) is 19.5. The Morgan fingerprint density at radius 3 is 2.58 bits per heavy atom. The van der Waals surface area contributed by atoms with Crippen molar-refractivity contribution in [3.63, 3.8) is 0 Å². The second kappa shape index (κ2) is 8.51. The first-order valence-electron chi connectivity index (χ1n) is 8.62. The standard InChI is InChI=1S/C19H25N3O4/c1-5-6-11-25-17(23)13-9-7-8-10-14(13)20-18(24)21-16-12-15(26-22-16)19(2,3)4/h7-10,12H,5-6,11H2,1-4H3,(H2,20,21,22,24). The van der Waals surface area contributed by atoms with Crippen molar-refractivity contribution in [2.75, 3.05) is 17.2 Å². The van der Waals surface area contributed by atoms with E-state index >= 15 is 0 Å². The van der Waals surface area contributed by atoms with Crippen molar-refractivity contribution in [3.8, 4) is 0 Å². The molecule has 1 heterocycles. The minimum atomic E-state index is -0.521. The number of nitrogens with one attached hydrogen (secondary N) is 2. The largest absolute Gasteiger partial charge is 0.462 e. The van der Waals surface area contributed by atoms with E-state index < -0.39 is 12.0 Å². The normalized spacial score (nSPS) is 11.1.